The molecule has 2 aromatic carbocycles. The monoisotopic (exact) mass is 719 g/mol. The second kappa shape index (κ2) is 15.4. The first-order chi connectivity index (χ1) is 23.2. The van der Waals surface area contributed by atoms with Crippen LogP contribution in [-0.2, 0) is 20.0 Å². The maximum absolute atomic E-state index is 14.2. The Balaban J connectivity index is 1.30. The van der Waals surface area contributed by atoms with Gasteiger partial charge in [-0.25, -0.2) is 0 Å². The lowest BCUT2D eigenvalue weighted by Gasteiger charge is -2.38. The van der Waals surface area contributed by atoms with Crippen molar-refractivity contribution in [2.24, 2.45) is 0 Å². The molecule has 2 saturated heterocycles. The first-order valence-corrected chi connectivity index (χ1v) is 18.0. The van der Waals surface area contributed by atoms with E-state index < -0.39 is 43.5 Å². The summed E-state index contributed by atoms with van der Waals surface area (Å²) in [7, 11) is 0.425. The van der Waals surface area contributed by atoms with Gasteiger partial charge in [-0.2, -0.15) is 8.78 Å². The van der Waals surface area contributed by atoms with Crippen LogP contribution in [0.4, 0.5) is 14.5 Å². The lowest BCUT2D eigenvalue weighted by Crippen LogP contribution is -2.60. The minimum atomic E-state index is -3.85. The summed E-state index contributed by atoms with van der Waals surface area (Å²) in [5.74, 6) is -1.10. The van der Waals surface area contributed by atoms with E-state index in [1.54, 1.807) is 24.3 Å². The molecule has 0 unspecified atom stereocenters. The van der Waals surface area contributed by atoms with E-state index in [1.165, 1.54) is 28.9 Å². The highest BCUT2D eigenvalue weighted by molar-refractivity contribution is 7.46. The molecular weight excluding hydrogens is 679 g/mol. The largest absolute Gasteiger partial charge is 0.494 e. The SMILES string of the molecule is CC(=O)N1CC[C@H]2CC[C@@H](C(=O)Nc3ccc(OCCCN(C)C)cc3)N2C(=O)[C@@H](NC(=O)c2cc3cc(C(F)(F)P(O)O)ccc3s2)C1. The van der Waals surface area contributed by atoms with Crippen LogP contribution in [0.15, 0.2) is 48.5 Å². The summed E-state index contributed by atoms with van der Waals surface area (Å²) in [6.45, 7) is 3.07. The van der Waals surface area contributed by atoms with Crippen molar-refractivity contribution in [3.05, 3.63) is 59.0 Å². The summed E-state index contributed by atoms with van der Waals surface area (Å²) in [6, 6.07) is 9.62. The van der Waals surface area contributed by atoms with Crippen LogP contribution in [0.1, 0.15) is 47.8 Å². The van der Waals surface area contributed by atoms with Gasteiger partial charge < -0.3 is 39.9 Å². The summed E-state index contributed by atoms with van der Waals surface area (Å²) in [5.41, 5.74) is -3.91. The van der Waals surface area contributed by atoms with Crippen molar-refractivity contribution >= 4 is 59.1 Å². The van der Waals surface area contributed by atoms with Gasteiger partial charge in [0.2, 0.25) is 26.1 Å². The molecule has 3 atom stereocenters. The Hall–Kier alpha value is -3.75. The molecule has 12 nitrogen and oxygen atoms in total. The van der Waals surface area contributed by atoms with Crippen LogP contribution in [0.3, 0.4) is 0 Å². The van der Waals surface area contributed by atoms with E-state index in [-0.39, 0.29) is 29.3 Å². The first-order valence-electron chi connectivity index (χ1n) is 15.9. The maximum Gasteiger partial charge on any atom is 0.339 e. The molecular formula is C33H40F2N5O7PS. The Labute approximate surface area is 287 Å². The molecule has 264 valence electrons. The van der Waals surface area contributed by atoms with Crippen LogP contribution in [0, 0.1) is 0 Å². The van der Waals surface area contributed by atoms with Gasteiger partial charge in [0.15, 0.2) is 0 Å². The topological polar surface area (TPSA) is 152 Å². The molecule has 3 heterocycles. The third kappa shape index (κ3) is 8.53. The number of carbonyl (C=O) groups is 4. The molecule has 5 rings (SSSR count). The summed E-state index contributed by atoms with van der Waals surface area (Å²) in [6.07, 6.45) is 2.29. The van der Waals surface area contributed by atoms with Crippen LogP contribution < -0.4 is 15.4 Å². The zero-order chi connectivity index (χ0) is 35.5. The van der Waals surface area contributed by atoms with Crippen LogP contribution >= 0.6 is 19.7 Å². The van der Waals surface area contributed by atoms with Gasteiger partial charge in [-0.05, 0) is 87.6 Å². The van der Waals surface area contributed by atoms with Crippen molar-refractivity contribution in [2.75, 3.05) is 45.7 Å². The number of amides is 4. The van der Waals surface area contributed by atoms with Crippen molar-refractivity contribution in [2.45, 2.75) is 56.4 Å². The van der Waals surface area contributed by atoms with Gasteiger partial charge >= 0.3 is 5.66 Å². The van der Waals surface area contributed by atoms with Crippen LogP contribution in [0.25, 0.3) is 10.1 Å². The molecule has 3 aromatic rings. The molecule has 2 aliphatic heterocycles. The number of nitrogens with one attached hydrogen (secondary N) is 2. The van der Waals surface area contributed by atoms with Gasteiger partial charge in [0.25, 0.3) is 5.91 Å². The first kappa shape index (κ1) is 36.5. The lowest BCUT2D eigenvalue weighted by molar-refractivity contribution is -0.143. The Morgan fingerprint density at radius 2 is 1.82 bits per heavy atom. The highest BCUT2D eigenvalue weighted by Crippen LogP contribution is 2.53. The number of fused-ring (bicyclic) bond motifs is 2. The molecule has 0 saturated carbocycles. The summed E-state index contributed by atoms with van der Waals surface area (Å²) >= 11 is 1.02. The lowest BCUT2D eigenvalue weighted by atomic mass is 10.1. The van der Waals surface area contributed by atoms with Gasteiger partial charge in [-0.1, -0.05) is 6.07 Å². The minimum Gasteiger partial charge on any atom is -0.494 e. The standard InChI is InChI=1S/C33H40F2N5O7PS/c1-20(41)39-15-13-24-8-11-27(30(42)36-23-6-9-25(10-7-23)47-16-4-14-38(2)3)40(24)32(44)26(19-39)37-31(43)29-18-21-17-22(5-12-28(21)49-29)33(34,35)48(45)46/h5-7,9-10,12,17-18,24,26-27,45-46H,4,8,11,13-16,19H2,1-3H3,(H,36,42)(H,37,43)/t24-,26+,27+/m1/s1. The minimum absolute atomic E-state index is 0.106. The van der Waals surface area contributed by atoms with E-state index in [1.807, 2.05) is 14.1 Å². The fourth-order valence-corrected chi connectivity index (χ4v) is 7.46. The Morgan fingerprint density at radius 1 is 1.08 bits per heavy atom. The maximum atomic E-state index is 14.2. The molecule has 2 fully saturated rings. The molecule has 0 radical (unpaired) electrons. The van der Waals surface area contributed by atoms with Gasteiger partial charge in [0.05, 0.1) is 11.5 Å². The Kier molecular flexibility index (Phi) is 11.5. The predicted octanol–water partition coefficient (Wildman–Crippen LogP) is 3.93. The van der Waals surface area contributed by atoms with Crippen molar-refractivity contribution in [3.63, 3.8) is 0 Å². The fourth-order valence-electron chi connectivity index (χ4n) is 6.14. The third-order valence-corrected chi connectivity index (χ3v) is 10.6. The molecule has 49 heavy (non-hydrogen) atoms. The number of benzene rings is 2. The third-order valence-electron chi connectivity index (χ3n) is 8.72. The number of rotatable bonds is 11. The average molecular weight is 720 g/mol. The highest BCUT2D eigenvalue weighted by Gasteiger charge is 2.45. The number of carbonyl (C=O) groups excluding carboxylic acids is 4. The summed E-state index contributed by atoms with van der Waals surface area (Å²) < 4.78 is 34.8. The van der Waals surface area contributed by atoms with Gasteiger partial charge in [0, 0.05) is 48.6 Å². The highest BCUT2D eigenvalue weighted by atomic mass is 32.1. The Morgan fingerprint density at radius 3 is 2.49 bits per heavy atom. The number of halogens is 2. The van der Waals surface area contributed by atoms with Gasteiger partial charge in [-0.3, -0.25) is 19.2 Å². The number of alkyl halides is 2. The van der Waals surface area contributed by atoms with Crippen LogP contribution in [0.5, 0.6) is 5.75 Å². The van der Waals surface area contributed by atoms with Crippen LogP contribution in [0.2, 0.25) is 0 Å². The molecule has 0 aliphatic carbocycles. The van der Waals surface area contributed by atoms with E-state index in [4.69, 9.17) is 4.74 Å². The molecule has 0 spiro atoms. The molecule has 2 aliphatic rings. The van der Waals surface area contributed by atoms with E-state index >= 15 is 0 Å². The second-order valence-corrected chi connectivity index (χ2v) is 14.7. The number of ether oxygens (including phenoxy) is 1. The Bertz CT molecular complexity index is 1690. The second-order valence-electron chi connectivity index (χ2n) is 12.5. The number of anilines is 1. The number of nitrogens with zero attached hydrogens (tertiary/aromatic N) is 3. The van der Waals surface area contributed by atoms with E-state index in [0.717, 1.165) is 36.4 Å². The van der Waals surface area contributed by atoms with E-state index in [9.17, 15) is 37.7 Å². The summed E-state index contributed by atoms with van der Waals surface area (Å²) in [5, 5.41) is 5.92. The zero-order valence-electron chi connectivity index (χ0n) is 27.4. The number of hydrogen-bond donors (Lipinski definition) is 4. The van der Waals surface area contributed by atoms with Crippen molar-refractivity contribution in [1.29, 1.82) is 0 Å². The van der Waals surface area contributed by atoms with Crippen molar-refractivity contribution < 1.29 is 42.5 Å². The van der Waals surface area contributed by atoms with Gasteiger partial charge in [0.1, 0.15) is 17.8 Å². The van der Waals surface area contributed by atoms with E-state index in [2.05, 4.69) is 15.5 Å². The molecule has 0 bridgehead atoms. The average Bonchev–Trinajstić information content (AvgIpc) is 3.68. The van der Waals surface area contributed by atoms with Crippen LogP contribution in [-0.4, -0.2) is 107 Å². The number of hydrogen-bond acceptors (Lipinski definition) is 9. The quantitative estimate of drug-likeness (QED) is 0.172. The molecule has 4 amide bonds. The van der Waals surface area contributed by atoms with Gasteiger partial charge in [-0.15, -0.1) is 11.3 Å². The molecule has 16 heteroatoms. The predicted molar refractivity (Wildman–Crippen MR) is 183 cm³/mol. The molecule has 4 N–H and O–H groups in total. The number of thiophene rings is 1. The fraction of sp³-hybridized carbons (Fsp3) is 0.455. The smallest absolute Gasteiger partial charge is 0.339 e. The summed E-state index contributed by atoms with van der Waals surface area (Å²) in [4.78, 5) is 77.2. The van der Waals surface area contributed by atoms with Crippen molar-refractivity contribution in [3.8, 4) is 5.75 Å². The normalized spacial score (nSPS) is 19.9. The van der Waals surface area contributed by atoms with E-state index in [0.29, 0.717) is 53.9 Å². The van der Waals surface area contributed by atoms with Crippen molar-refractivity contribution in [1.82, 2.24) is 20.0 Å². The zero-order valence-corrected chi connectivity index (χ0v) is 29.1. The molecule has 1 aromatic heterocycles.